The van der Waals surface area contributed by atoms with E-state index in [2.05, 4.69) is 20.3 Å². The maximum absolute atomic E-state index is 14.6. The van der Waals surface area contributed by atoms with Crippen molar-refractivity contribution >= 4 is 22.9 Å². The fourth-order valence-electron chi connectivity index (χ4n) is 4.97. The molecule has 1 aliphatic rings. The molecule has 0 spiro atoms. The van der Waals surface area contributed by atoms with E-state index < -0.39 is 34.4 Å². The Kier molecular flexibility index (Phi) is 6.66. The molecule has 0 aliphatic carbocycles. The zero-order valence-electron chi connectivity index (χ0n) is 22.9. The van der Waals surface area contributed by atoms with Crippen molar-refractivity contribution in [1.29, 1.82) is 5.26 Å². The van der Waals surface area contributed by atoms with Gasteiger partial charge in [-0.3, -0.25) is 4.98 Å². The summed E-state index contributed by atoms with van der Waals surface area (Å²) >= 11 is 0. The molecule has 0 unspecified atom stereocenters. The highest BCUT2D eigenvalue weighted by Gasteiger charge is 2.38. The van der Waals surface area contributed by atoms with E-state index in [4.69, 9.17) is 9.72 Å². The van der Waals surface area contributed by atoms with Gasteiger partial charge in [-0.25, -0.2) is 23.5 Å². The molecule has 1 atom stereocenters. The number of aromatic nitrogens is 4. The van der Waals surface area contributed by atoms with Gasteiger partial charge in [-0.1, -0.05) is 0 Å². The molecular weight excluding hydrogens is 516 g/mol. The smallest absolute Gasteiger partial charge is 0.408 e. The van der Waals surface area contributed by atoms with Crippen molar-refractivity contribution < 1.29 is 18.3 Å². The number of anilines is 1. The SMILES string of the molecule is Cc1ccnc2nc(-c3cncc(-c4cc(F)c(F)c(C#N)c4)c3N3CC[C@](C)(NC(=O)OC(C)(C)C)C3)[nH]c12. The highest BCUT2D eigenvalue weighted by molar-refractivity contribution is 5.91. The number of carbonyl (C=O) groups is 1. The zero-order valence-corrected chi connectivity index (χ0v) is 22.9. The van der Waals surface area contributed by atoms with Crippen LogP contribution in [0, 0.1) is 29.9 Å². The lowest BCUT2D eigenvalue weighted by Crippen LogP contribution is -2.49. The van der Waals surface area contributed by atoms with Gasteiger partial charge in [0, 0.05) is 37.2 Å². The number of imidazole rings is 1. The van der Waals surface area contributed by atoms with Gasteiger partial charge in [0.05, 0.1) is 27.9 Å². The minimum Gasteiger partial charge on any atom is -0.444 e. The van der Waals surface area contributed by atoms with Crippen molar-refractivity contribution in [2.45, 2.75) is 52.2 Å². The summed E-state index contributed by atoms with van der Waals surface area (Å²) in [5.41, 5.74) is 2.60. The molecule has 3 aromatic heterocycles. The normalized spacial score (nSPS) is 17.2. The number of nitrogens with zero attached hydrogens (tertiary/aromatic N) is 5. The number of H-pyrrole nitrogens is 1. The molecular formula is C29H29F2N7O2. The van der Waals surface area contributed by atoms with Crippen molar-refractivity contribution in [3.63, 3.8) is 0 Å². The van der Waals surface area contributed by atoms with Crippen LogP contribution in [0.1, 0.15) is 45.2 Å². The van der Waals surface area contributed by atoms with E-state index in [1.807, 2.05) is 24.8 Å². The number of fused-ring (bicyclic) bond motifs is 1. The average Bonchev–Trinajstić information content (AvgIpc) is 3.48. The summed E-state index contributed by atoms with van der Waals surface area (Å²) in [6, 6.07) is 5.96. The van der Waals surface area contributed by atoms with Gasteiger partial charge in [0.2, 0.25) is 0 Å². The molecule has 4 aromatic rings. The summed E-state index contributed by atoms with van der Waals surface area (Å²) in [4.78, 5) is 31.4. The Morgan fingerprint density at radius 3 is 2.70 bits per heavy atom. The first-order valence-electron chi connectivity index (χ1n) is 12.8. The Hall–Kier alpha value is -4.59. The number of benzene rings is 1. The first-order valence-corrected chi connectivity index (χ1v) is 12.8. The van der Waals surface area contributed by atoms with E-state index in [1.54, 1.807) is 45.4 Å². The fraction of sp³-hybridized carbons (Fsp3) is 0.345. The first kappa shape index (κ1) is 27.0. The third-order valence-corrected chi connectivity index (χ3v) is 6.82. The summed E-state index contributed by atoms with van der Waals surface area (Å²) in [5.74, 6) is -1.84. The van der Waals surface area contributed by atoms with Crippen LogP contribution in [-0.4, -0.2) is 50.3 Å². The van der Waals surface area contributed by atoms with Crippen molar-refractivity contribution in [3.8, 4) is 28.6 Å². The second-order valence-corrected chi connectivity index (χ2v) is 11.3. The van der Waals surface area contributed by atoms with E-state index in [1.165, 1.54) is 6.07 Å². The summed E-state index contributed by atoms with van der Waals surface area (Å²) in [6.45, 7) is 10.2. The summed E-state index contributed by atoms with van der Waals surface area (Å²) in [7, 11) is 0. The number of pyridine rings is 2. The third-order valence-electron chi connectivity index (χ3n) is 6.82. The van der Waals surface area contributed by atoms with Gasteiger partial charge < -0.3 is 19.9 Å². The average molecular weight is 546 g/mol. The van der Waals surface area contributed by atoms with E-state index in [-0.39, 0.29) is 0 Å². The van der Waals surface area contributed by atoms with Crippen LogP contribution in [-0.2, 0) is 4.74 Å². The number of halogens is 2. The Bertz CT molecular complexity index is 1670. The number of rotatable bonds is 4. The minimum atomic E-state index is -1.20. The Balaban J connectivity index is 1.63. The second-order valence-electron chi connectivity index (χ2n) is 11.3. The van der Waals surface area contributed by atoms with Gasteiger partial charge in [-0.05, 0) is 70.4 Å². The molecule has 11 heteroatoms. The number of carbonyl (C=O) groups excluding carboxylic acids is 1. The number of alkyl carbamates (subject to hydrolysis) is 1. The maximum atomic E-state index is 14.6. The zero-order chi connectivity index (χ0) is 28.8. The molecule has 1 fully saturated rings. The van der Waals surface area contributed by atoms with Crippen molar-refractivity contribution in [2.24, 2.45) is 0 Å². The van der Waals surface area contributed by atoms with Crippen molar-refractivity contribution in [1.82, 2.24) is 25.3 Å². The molecule has 1 aliphatic heterocycles. The summed E-state index contributed by atoms with van der Waals surface area (Å²) in [5, 5.41) is 12.4. The van der Waals surface area contributed by atoms with E-state index in [9.17, 15) is 18.8 Å². The van der Waals surface area contributed by atoms with Crippen LogP contribution in [0.15, 0.2) is 36.8 Å². The Morgan fingerprint density at radius 1 is 1.25 bits per heavy atom. The molecule has 1 amide bonds. The summed E-state index contributed by atoms with van der Waals surface area (Å²) in [6.07, 6.45) is 4.95. The van der Waals surface area contributed by atoms with E-state index in [0.717, 1.165) is 17.1 Å². The van der Waals surface area contributed by atoms with Crippen LogP contribution < -0.4 is 10.2 Å². The molecule has 0 bridgehead atoms. The molecule has 9 nitrogen and oxygen atoms in total. The number of hydrogen-bond donors (Lipinski definition) is 2. The number of nitrogens with one attached hydrogen (secondary N) is 2. The lowest BCUT2D eigenvalue weighted by Gasteiger charge is -2.30. The Morgan fingerprint density at radius 2 is 2.00 bits per heavy atom. The topological polar surface area (TPSA) is 120 Å². The van der Waals surface area contributed by atoms with Gasteiger partial charge >= 0.3 is 6.09 Å². The number of hydrogen-bond acceptors (Lipinski definition) is 7. The quantitative estimate of drug-likeness (QED) is 0.341. The molecule has 1 aromatic carbocycles. The molecule has 1 saturated heterocycles. The minimum absolute atomic E-state index is 0.291. The van der Waals surface area contributed by atoms with E-state index >= 15 is 0 Å². The monoisotopic (exact) mass is 545 g/mol. The molecule has 0 radical (unpaired) electrons. The number of nitriles is 1. The molecule has 0 saturated carbocycles. The van der Waals surface area contributed by atoms with Crippen LogP contribution in [0.5, 0.6) is 0 Å². The predicted octanol–water partition coefficient (Wildman–Crippen LogP) is 5.64. The highest BCUT2D eigenvalue weighted by atomic mass is 19.2. The largest absolute Gasteiger partial charge is 0.444 e. The molecule has 2 N–H and O–H groups in total. The number of amides is 1. The van der Waals surface area contributed by atoms with Crippen LogP contribution in [0.2, 0.25) is 0 Å². The third kappa shape index (κ3) is 5.17. The van der Waals surface area contributed by atoms with Crippen LogP contribution in [0.4, 0.5) is 19.3 Å². The van der Waals surface area contributed by atoms with Gasteiger partial charge in [-0.15, -0.1) is 0 Å². The Labute approximate surface area is 230 Å². The highest BCUT2D eigenvalue weighted by Crippen LogP contribution is 2.42. The van der Waals surface area contributed by atoms with Crippen LogP contribution in [0.3, 0.4) is 0 Å². The molecule has 40 heavy (non-hydrogen) atoms. The maximum Gasteiger partial charge on any atom is 0.408 e. The molecule has 206 valence electrons. The lowest BCUT2D eigenvalue weighted by atomic mass is 9.99. The van der Waals surface area contributed by atoms with Crippen molar-refractivity contribution in [2.75, 3.05) is 18.0 Å². The van der Waals surface area contributed by atoms with E-state index in [0.29, 0.717) is 53.4 Å². The van der Waals surface area contributed by atoms with Gasteiger partial charge in [-0.2, -0.15) is 5.26 Å². The van der Waals surface area contributed by atoms with Crippen LogP contribution in [0.25, 0.3) is 33.7 Å². The van der Waals surface area contributed by atoms with Gasteiger partial charge in [0.1, 0.15) is 17.5 Å². The standard InChI is InChI=1S/C29H29F2N7O2/c1-16-6-8-34-26-23(16)35-25(36-26)20-14-33-13-19(17-10-18(12-32)22(31)21(30)11-17)24(20)38-9-7-29(5,15-38)37-27(39)40-28(2,3)4/h6,8,10-11,13-14H,7,9,15H2,1-5H3,(H,37,39)(H,34,35,36)/t29-/m0/s1. The van der Waals surface area contributed by atoms with Crippen LogP contribution >= 0.6 is 0 Å². The fourth-order valence-corrected chi connectivity index (χ4v) is 4.97. The van der Waals surface area contributed by atoms with Gasteiger partial charge in [0.15, 0.2) is 17.3 Å². The molecule has 4 heterocycles. The number of aryl methyl sites for hydroxylation is 1. The predicted molar refractivity (Wildman–Crippen MR) is 147 cm³/mol. The second kappa shape index (κ2) is 9.86. The van der Waals surface area contributed by atoms with Gasteiger partial charge in [0.25, 0.3) is 0 Å². The van der Waals surface area contributed by atoms with Crippen molar-refractivity contribution in [3.05, 3.63) is 59.6 Å². The summed E-state index contributed by atoms with van der Waals surface area (Å²) < 4.78 is 34.3. The lowest BCUT2D eigenvalue weighted by molar-refractivity contribution is 0.0473. The number of aromatic amines is 1. The number of ether oxygens (including phenoxy) is 1. The first-order chi connectivity index (χ1) is 18.9. The molecule has 5 rings (SSSR count).